The van der Waals surface area contributed by atoms with Crippen LogP contribution in [0.2, 0.25) is 0 Å². The standard InChI is InChI=1S/C31H34N4O3/c1-2-3-14-32-17-19-33(20-18-32)15-8-9-16-34-25-12-6-4-10-22(25)28-29(34)31(37)27-23-11-5-7-13-26(23)35(38)21-24(27)30(28)36/h4-7,10-13,21H,2-3,8-9,14-20H2,1H3. The maximum Gasteiger partial charge on any atom is 0.224 e. The molecule has 6 rings (SSSR count). The topological polar surface area (TPSA) is 72.5 Å². The molecule has 2 aromatic heterocycles. The number of hydrogen-bond donors (Lipinski definition) is 0. The molecule has 38 heavy (non-hydrogen) atoms. The highest BCUT2D eigenvalue weighted by Crippen LogP contribution is 2.37. The Morgan fingerprint density at radius 2 is 1.39 bits per heavy atom. The molecule has 0 bridgehead atoms. The van der Waals surface area contributed by atoms with E-state index in [1.807, 2.05) is 28.8 Å². The van der Waals surface area contributed by atoms with Crippen molar-refractivity contribution in [3.63, 3.8) is 0 Å². The first-order valence-electron chi connectivity index (χ1n) is 13.9. The summed E-state index contributed by atoms with van der Waals surface area (Å²) in [6.07, 6.45) is 5.74. The van der Waals surface area contributed by atoms with E-state index in [1.165, 1.54) is 25.6 Å². The second-order valence-electron chi connectivity index (χ2n) is 10.6. The highest BCUT2D eigenvalue weighted by molar-refractivity contribution is 6.34. The minimum absolute atomic E-state index is 0.175. The van der Waals surface area contributed by atoms with Gasteiger partial charge < -0.3 is 19.6 Å². The summed E-state index contributed by atoms with van der Waals surface area (Å²) in [5.74, 6) is -0.424. The van der Waals surface area contributed by atoms with E-state index in [2.05, 4.69) is 16.7 Å². The van der Waals surface area contributed by atoms with Crippen molar-refractivity contribution in [2.75, 3.05) is 39.3 Å². The van der Waals surface area contributed by atoms with E-state index in [9.17, 15) is 14.8 Å². The van der Waals surface area contributed by atoms with E-state index in [0.717, 1.165) is 56.5 Å². The highest BCUT2D eigenvalue weighted by Gasteiger charge is 2.38. The minimum atomic E-state index is -0.249. The summed E-state index contributed by atoms with van der Waals surface area (Å²) < 4.78 is 2.75. The number of unbranched alkanes of at least 4 members (excludes halogenated alkanes) is 2. The average Bonchev–Trinajstić information content (AvgIpc) is 3.28. The lowest BCUT2D eigenvalue weighted by Gasteiger charge is -2.34. The number of aromatic nitrogens is 2. The van der Waals surface area contributed by atoms with Crippen molar-refractivity contribution in [3.05, 3.63) is 82.3 Å². The third-order valence-corrected chi connectivity index (χ3v) is 8.21. The van der Waals surface area contributed by atoms with Crippen LogP contribution in [0.25, 0.3) is 21.8 Å². The van der Waals surface area contributed by atoms with Gasteiger partial charge in [-0.15, -0.1) is 0 Å². The number of nitrogens with zero attached hydrogens (tertiary/aromatic N) is 4. The molecule has 7 heteroatoms. The Labute approximate surface area is 222 Å². The lowest BCUT2D eigenvalue weighted by atomic mass is 9.85. The number of aryl methyl sites for hydroxylation is 1. The summed E-state index contributed by atoms with van der Waals surface area (Å²) in [5.41, 5.74) is 2.72. The van der Waals surface area contributed by atoms with Crippen LogP contribution in [0, 0.1) is 5.21 Å². The maximum atomic E-state index is 14.1. The van der Waals surface area contributed by atoms with Crippen LogP contribution in [0.3, 0.4) is 0 Å². The van der Waals surface area contributed by atoms with Gasteiger partial charge in [0.05, 0.1) is 22.1 Å². The molecule has 2 aromatic carbocycles. The maximum absolute atomic E-state index is 14.1. The van der Waals surface area contributed by atoms with E-state index in [-0.39, 0.29) is 17.1 Å². The third kappa shape index (κ3) is 4.20. The fourth-order valence-electron chi connectivity index (χ4n) is 6.17. The molecule has 3 heterocycles. The second-order valence-corrected chi connectivity index (χ2v) is 10.6. The predicted octanol–water partition coefficient (Wildman–Crippen LogP) is 4.40. The number of benzene rings is 2. The number of pyridine rings is 1. The normalized spacial score (nSPS) is 16.3. The zero-order valence-electron chi connectivity index (χ0n) is 22.0. The van der Waals surface area contributed by atoms with Crippen LogP contribution in [0.1, 0.15) is 64.6 Å². The van der Waals surface area contributed by atoms with E-state index in [4.69, 9.17) is 0 Å². The molecule has 0 amide bonds. The molecule has 0 saturated carbocycles. The molecule has 1 saturated heterocycles. The number of carbonyl (C=O) groups is 2. The van der Waals surface area contributed by atoms with Crippen LogP contribution in [0.4, 0.5) is 0 Å². The molecule has 1 aliphatic carbocycles. The van der Waals surface area contributed by atoms with E-state index in [0.29, 0.717) is 39.0 Å². The van der Waals surface area contributed by atoms with Crippen molar-refractivity contribution in [3.8, 4) is 0 Å². The molecule has 0 atom stereocenters. The summed E-state index contributed by atoms with van der Waals surface area (Å²) >= 11 is 0. The fraction of sp³-hybridized carbons (Fsp3) is 0.387. The van der Waals surface area contributed by atoms with Gasteiger partial charge >= 0.3 is 0 Å². The van der Waals surface area contributed by atoms with Crippen LogP contribution in [0.5, 0.6) is 0 Å². The molecular weight excluding hydrogens is 476 g/mol. The molecule has 0 N–H and O–H groups in total. The van der Waals surface area contributed by atoms with E-state index in [1.54, 1.807) is 24.3 Å². The molecule has 0 spiro atoms. The van der Waals surface area contributed by atoms with Crippen LogP contribution < -0.4 is 4.73 Å². The van der Waals surface area contributed by atoms with Crippen molar-refractivity contribution >= 4 is 33.4 Å². The van der Waals surface area contributed by atoms with Gasteiger partial charge in [0.15, 0.2) is 6.20 Å². The first kappa shape index (κ1) is 24.8. The molecule has 1 aliphatic heterocycles. The highest BCUT2D eigenvalue weighted by atomic mass is 16.5. The lowest BCUT2D eigenvalue weighted by Crippen LogP contribution is -2.46. The number of hydrogen-bond acceptors (Lipinski definition) is 5. The SMILES string of the molecule is CCCCN1CCN(CCCCn2c3c(c4ccccc42)C(=O)c2c[n+]([O-])c4ccccc4c2C3=O)CC1. The van der Waals surface area contributed by atoms with Crippen LogP contribution >= 0.6 is 0 Å². The van der Waals surface area contributed by atoms with Gasteiger partial charge in [0.2, 0.25) is 17.1 Å². The van der Waals surface area contributed by atoms with Crippen molar-refractivity contribution in [1.29, 1.82) is 0 Å². The first-order valence-corrected chi connectivity index (χ1v) is 13.9. The summed E-state index contributed by atoms with van der Waals surface area (Å²) in [5, 5.41) is 14.0. The van der Waals surface area contributed by atoms with Crippen LogP contribution in [-0.2, 0) is 6.54 Å². The van der Waals surface area contributed by atoms with Crippen molar-refractivity contribution < 1.29 is 14.3 Å². The van der Waals surface area contributed by atoms with Crippen LogP contribution in [-0.4, -0.2) is 65.2 Å². The number of carbonyl (C=O) groups excluding carboxylic acids is 2. The Morgan fingerprint density at radius 3 is 2.13 bits per heavy atom. The van der Waals surface area contributed by atoms with Crippen molar-refractivity contribution in [2.45, 2.75) is 39.2 Å². The summed E-state index contributed by atoms with van der Waals surface area (Å²) in [6, 6.07) is 14.8. The molecule has 0 unspecified atom stereocenters. The smallest absolute Gasteiger partial charge is 0.224 e. The van der Waals surface area contributed by atoms with E-state index >= 15 is 0 Å². The Kier molecular flexibility index (Phi) is 6.72. The monoisotopic (exact) mass is 510 g/mol. The fourth-order valence-corrected chi connectivity index (χ4v) is 6.17. The van der Waals surface area contributed by atoms with Crippen molar-refractivity contribution in [2.24, 2.45) is 0 Å². The molecule has 7 nitrogen and oxygen atoms in total. The van der Waals surface area contributed by atoms with Gasteiger partial charge in [-0.3, -0.25) is 9.59 Å². The molecule has 196 valence electrons. The molecule has 4 aromatic rings. The number of piperazine rings is 1. The predicted molar refractivity (Wildman–Crippen MR) is 149 cm³/mol. The third-order valence-electron chi connectivity index (χ3n) is 8.21. The number of para-hydroxylation sites is 2. The van der Waals surface area contributed by atoms with Crippen molar-refractivity contribution in [1.82, 2.24) is 14.4 Å². The van der Waals surface area contributed by atoms with Gasteiger partial charge in [0.1, 0.15) is 5.69 Å². The zero-order valence-corrected chi connectivity index (χ0v) is 22.0. The van der Waals surface area contributed by atoms with Gasteiger partial charge in [0.25, 0.3) is 0 Å². The summed E-state index contributed by atoms with van der Waals surface area (Å²) in [7, 11) is 0. The second kappa shape index (κ2) is 10.3. The average molecular weight is 511 g/mol. The molecular formula is C31H34N4O3. The quantitative estimate of drug-likeness (QED) is 0.176. The van der Waals surface area contributed by atoms with E-state index < -0.39 is 0 Å². The molecule has 2 aliphatic rings. The van der Waals surface area contributed by atoms with Gasteiger partial charge in [-0.05, 0) is 44.5 Å². The number of ketones is 2. The first-order chi connectivity index (χ1) is 18.6. The number of fused-ring (bicyclic) bond motifs is 6. The Bertz CT molecular complexity index is 1530. The largest absolute Gasteiger partial charge is 0.618 e. The van der Waals surface area contributed by atoms with Gasteiger partial charge in [-0.25, -0.2) is 0 Å². The number of rotatable bonds is 8. The summed E-state index contributed by atoms with van der Waals surface area (Å²) in [6.45, 7) is 9.68. The van der Waals surface area contributed by atoms with Gasteiger partial charge in [-0.2, -0.15) is 4.73 Å². The summed E-state index contributed by atoms with van der Waals surface area (Å²) in [4.78, 5) is 32.9. The Morgan fingerprint density at radius 1 is 0.763 bits per heavy atom. The lowest BCUT2D eigenvalue weighted by molar-refractivity contribution is -0.577. The van der Waals surface area contributed by atoms with Gasteiger partial charge in [0, 0.05) is 49.7 Å². The van der Waals surface area contributed by atoms with Gasteiger partial charge in [-0.1, -0.05) is 43.7 Å². The zero-order chi connectivity index (χ0) is 26.2. The Balaban J connectivity index is 1.26. The molecule has 0 radical (unpaired) electrons. The Hall–Kier alpha value is -3.55. The molecule has 1 fully saturated rings. The van der Waals surface area contributed by atoms with Crippen LogP contribution in [0.15, 0.2) is 54.7 Å². The minimum Gasteiger partial charge on any atom is -0.618 e.